The molecule has 0 aromatic heterocycles. The topological polar surface area (TPSA) is 73.9 Å². The molecule has 2 atom stereocenters. The van der Waals surface area contributed by atoms with Crippen molar-refractivity contribution in [2.75, 3.05) is 26.4 Å². The molecule has 88 valence electrons. The number of allylic oxidation sites excluding steroid dienone is 1. The van der Waals surface area contributed by atoms with E-state index in [1.165, 1.54) is 0 Å². The Morgan fingerprint density at radius 1 is 1.53 bits per heavy atom. The van der Waals surface area contributed by atoms with Crippen LogP contribution in [-0.4, -0.2) is 43.9 Å². The van der Waals surface area contributed by atoms with Crippen molar-refractivity contribution in [3.05, 3.63) is 12.3 Å². The third kappa shape index (κ3) is 5.74. The van der Waals surface area contributed by atoms with E-state index in [4.69, 9.17) is 25.1 Å². The average molecular weight is 217 g/mol. The maximum absolute atomic E-state index is 9.08. The van der Waals surface area contributed by atoms with Gasteiger partial charge in [-0.05, 0) is 12.5 Å². The second kappa shape index (κ2) is 7.64. The van der Waals surface area contributed by atoms with E-state index >= 15 is 0 Å². The van der Waals surface area contributed by atoms with Crippen molar-refractivity contribution < 1.29 is 19.3 Å². The van der Waals surface area contributed by atoms with Gasteiger partial charge in [0.15, 0.2) is 6.29 Å². The largest absolute Gasteiger partial charge is 0.473 e. The molecule has 0 spiro atoms. The first kappa shape index (κ1) is 12.4. The van der Waals surface area contributed by atoms with Crippen LogP contribution in [0.4, 0.5) is 0 Å². The molecular weight excluding hydrogens is 198 g/mol. The highest BCUT2D eigenvalue weighted by Gasteiger charge is 2.10. The summed E-state index contributed by atoms with van der Waals surface area (Å²) in [5.41, 5.74) is 5.21. The van der Waals surface area contributed by atoms with Crippen molar-refractivity contribution in [2.45, 2.75) is 25.2 Å². The van der Waals surface area contributed by atoms with E-state index in [1.54, 1.807) is 6.26 Å². The van der Waals surface area contributed by atoms with Gasteiger partial charge >= 0.3 is 0 Å². The van der Waals surface area contributed by atoms with Gasteiger partial charge in [-0.25, -0.2) is 0 Å². The minimum Gasteiger partial charge on any atom is -0.473 e. The second-order valence-corrected chi connectivity index (χ2v) is 3.35. The number of aliphatic hydroxyl groups excluding tert-OH is 1. The molecular formula is C10H19NO4. The summed E-state index contributed by atoms with van der Waals surface area (Å²) in [6.07, 6.45) is 4.75. The molecule has 15 heavy (non-hydrogen) atoms. The predicted molar refractivity (Wildman–Crippen MR) is 55.1 cm³/mol. The van der Waals surface area contributed by atoms with Gasteiger partial charge in [0.2, 0.25) is 0 Å². The lowest BCUT2D eigenvalue weighted by molar-refractivity contribution is -0.128. The van der Waals surface area contributed by atoms with E-state index in [0.717, 1.165) is 12.8 Å². The summed E-state index contributed by atoms with van der Waals surface area (Å²) < 4.78 is 15.7. The normalized spacial score (nSPS) is 22.4. The minimum absolute atomic E-state index is 0.155. The van der Waals surface area contributed by atoms with Gasteiger partial charge in [-0.3, -0.25) is 0 Å². The SMILES string of the molecule is NCC(O)COCCOC1CCC=CO1. The Bertz CT molecular complexity index is 186. The Labute approximate surface area is 89.8 Å². The number of hydrogen-bond acceptors (Lipinski definition) is 5. The number of aliphatic hydroxyl groups is 1. The summed E-state index contributed by atoms with van der Waals surface area (Å²) in [7, 11) is 0. The summed E-state index contributed by atoms with van der Waals surface area (Å²) in [5, 5.41) is 9.08. The summed E-state index contributed by atoms with van der Waals surface area (Å²) in [5.74, 6) is 0. The van der Waals surface area contributed by atoms with Crippen molar-refractivity contribution in [2.24, 2.45) is 5.73 Å². The van der Waals surface area contributed by atoms with Crippen LogP contribution < -0.4 is 5.73 Å². The Kier molecular flexibility index (Phi) is 6.34. The molecule has 0 fully saturated rings. The van der Waals surface area contributed by atoms with Crippen LogP contribution in [0.15, 0.2) is 12.3 Å². The maximum Gasteiger partial charge on any atom is 0.199 e. The van der Waals surface area contributed by atoms with Gasteiger partial charge in [-0.1, -0.05) is 0 Å². The Hall–Kier alpha value is -0.620. The standard InChI is InChI=1S/C10H19NO4/c11-7-9(12)8-13-5-6-15-10-3-1-2-4-14-10/h2,4,9-10,12H,1,3,5-8,11H2. The smallest absolute Gasteiger partial charge is 0.199 e. The van der Waals surface area contributed by atoms with Gasteiger partial charge in [-0.15, -0.1) is 0 Å². The molecule has 0 saturated heterocycles. The zero-order valence-electron chi connectivity index (χ0n) is 8.80. The molecule has 0 aromatic carbocycles. The molecule has 1 aliphatic rings. The highest BCUT2D eigenvalue weighted by atomic mass is 16.7. The average Bonchev–Trinajstić information content (AvgIpc) is 2.29. The molecule has 2 unspecified atom stereocenters. The van der Waals surface area contributed by atoms with Crippen LogP contribution in [0.1, 0.15) is 12.8 Å². The first-order valence-electron chi connectivity index (χ1n) is 5.21. The third-order valence-electron chi connectivity index (χ3n) is 2.01. The maximum atomic E-state index is 9.08. The van der Waals surface area contributed by atoms with Crippen LogP contribution in [0.2, 0.25) is 0 Å². The first-order valence-corrected chi connectivity index (χ1v) is 5.21. The van der Waals surface area contributed by atoms with Crippen LogP contribution in [-0.2, 0) is 14.2 Å². The Morgan fingerprint density at radius 2 is 2.40 bits per heavy atom. The number of hydrogen-bond donors (Lipinski definition) is 2. The highest BCUT2D eigenvalue weighted by molar-refractivity contribution is 4.79. The molecule has 1 rings (SSSR count). The van der Waals surface area contributed by atoms with Crippen molar-refractivity contribution in [3.63, 3.8) is 0 Å². The highest BCUT2D eigenvalue weighted by Crippen LogP contribution is 2.10. The zero-order chi connectivity index (χ0) is 10.9. The van der Waals surface area contributed by atoms with Crippen LogP contribution >= 0.6 is 0 Å². The molecule has 5 nitrogen and oxygen atoms in total. The molecule has 0 aliphatic carbocycles. The molecule has 0 radical (unpaired) electrons. The monoisotopic (exact) mass is 217 g/mol. The van der Waals surface area contributed by atoms with Crippen molar-refractivity contribution >= 4 is 0 Å². The van der Waals surface area contributed by atoms with Crippen LogP contribution in [0, 0.1) is 0 Å². The third-order valence-corrected chi connectivity index (χ3v) is 2.01. The van der Waals surface area contributed by atoms with Gasteiger partial charge in [0, 0.05) is 13.0 Å². The minimum atomic E-state index is -0.584. The predicted octanol–water partition coefficient (Wildman–Crippen LogP) is -0.0106. The van der Waals surface area contributed by atoms with Gasteiger partial charge in [0.25, 0.3) is 0 Å². The summed E-state index contributed by atoms with van der Waals surface area (Å²) >= 11 is 0. The zero-order valence-corrected chi connectivity index (χ0v) is 8.80. The lowest BCUT2D eigenvalue weighted by Crippen LogP contribution is -2.26. The Balaban J connectivity index is 1.90. The van der Waals surface area contributed by atoms with Gasteiger partial charge in [-0.2, -0.15) is 0 Å². The fraction of sp³-hybridized carbons (Fsp3) is 0.800. The summed E-state index contributed by atoms with van der Waals surface area (Å²) in [6, 6.07) is 0. The number of nitrogens with two attached hydrogens (primary N) is 1. The molecule has 0 amide bonds. The van der Waals surface area contributed by atoms with Crippen LogP contribution in [0.3, 0.4) is 0 Å². The van der Waals surface area contributed by atoms with E-state index in [-0.39, 0.29) is 19.4 Å². The molecule has 0 bridgehead atoms. The van der Waals surface area contributed by atoms with Crippen LogP contribution in [0.25, 0.3) is 0 Å². The van der Waals surface area contributed by atoms with Crippen LogP contribution in [0.5, 0.6) is 0 Å². The van der Waals surface area contributed by atoms with Gasteiger partial charge in [0.1, 0.15) is 0 Å². The van der Waals surface area contributed by atoms with E-state index in [2.05, 4.69) is 0 Å². The second-order valence-electron chi connectivity index (χ2n) is 3.35. The van der Waals surface area contributed by atoms with E-state index < -0.39 is 6.10 Å². The molecule has 1 heterocycles. The number of ether oxygens (including phenoxy) is 3. The lowest BCUT2D eigenvalue weighted by atomic mass is 10.3. The van der Waals surface area contributed by atoms with E-state index in [0.29, 0.717) is 13.2 Å². The van der Waals surface area contributed by atoms with Crippen molar-refractivity contribution in [1.29, 1.82) is 0 Å². The van der Waals surface area contributed by atoms with E-state index in [9.17, 15) is 0 Å². The van der Waals surface area contributed by atoms with E-state index in [1.807, 2.05) is 6.08 Å². The molecule has 0 aromatic rings. The fourth-order valence-corrected chi connectivity index (χ4v) is 1.16. The molecule has 3 N–H and O–H groups in total. The lowest BCUT2D eigenvalue weighted by Gasteiger charge is -2.19. The molecule has 5 heteroatoms. The number of rotatable bonds is 7. The van der Waals surface area contributed by atoms with Gasteiger partial charge < -0.3 is 25.1 Å². The van der Waals surface area contributed by atoms with Crippen molar-refractivity contribution in [3.8, 4) is 0 Å². The first-order chi connectivity index (χ1) is 7.33. The van der Waals surface area contributed by atoms with Gasteiger partial charge in [0.05, 0.1) is 32.2 Å². The van der Waals surface area contributed by atoms with Crippen molar-refractivity contribution in [1.82, 2.24) is 0 Å². The Morgan fingerprint density at radius 3 is 3.07 bits per heavy atom. The molecule has 1 aliphatic heterocycles. The quantitative estimate of drug-likeness (QED) is 0.587. The molecule has 0 saturated carbocycles. The summed E-state index contributed by atoms with van der Waals surface area (Å²) in [4.78, 5) is 0. The summed E-state index contributed by atoms with van der Waals surface area (Å²) in [6.45, 7) is 1.39. The fourth-order valence-electron chi connectivity index (χ4n) is 1.16.